The van der Waals surface area contributed by atoms with E-state index in [9.17, 15) is 9.59 Å². The van der Waals surface area contributed by atoms with Gasteiger partial charge < -0.3 is 20.5 Å². The zero-order chi connectivity index (χ0) is 13.7. The molecule has 0 bridgehead atoms. The van der Waals surface area contributed by atoms with E-state index >= 15 is 0 Å². The van der Waals surface area contributed by atoms with Gasteiger partial charge in [-0.3, -0.25) is 4.79 Å². The molecular formula is C13H18N2O3. The Balaban J connectivity index is 2.64. The number of carbonyl (C=O) groups excluding carboxylic acids is 2. The third-order valence-electron chi connectivity index (χ3n) is 2.86. The summed E-state index contributed by atoms with van der Waals surface area (Å²) in [5.41, 5.74) is 6.67. The third-order valence-corrected chi connectivity index (χ3v) is 2.86. The van der Waals surface area contributed by atoms with Crippen molar-refractivity contribution >= 4 is 12.2 Å². The highest BCUT2D eigenvalue weighted by Crippen LogP contribution is 2.11. The highest BCUT2D eigenvalue weighted by Gasteiger charge is 2.21. The molecule has 1 amide bonds. The van der Waals surface area contributed by atoms with E-state index in [4.69, 9.17) is 10.8 Å². The van der Waals surface area contributed by atoms with Crippen LogP contribution in [0.4, 0.5) is 0 Å². The van der Waals surface area contributed by atoms with Crippen molar-refractivity contribution in [3.63, 3.8) is 0 Å². The van der Waals surface area contributed by atoms with Gasteiger partial charge >= 0.3 is 0 Å². The second-order valence-corrected chi connectivity index (χ2v) is 4.30. The van der Waals surface area contributed by atoms with Gasteiger partial charge in [0.1, 0.15) is 12.0 Å². The number of nitrogens with zero attached hydrogens (tertiary/aromatic N) is 1. The first-order valence-electron chi connectivity index (χ1n) is 5.71. The van der Waals surface area contributed by atoms with Crippen LogP contribution in [0.25, 0.3) is 0 Å². The smallest absolute Gasteiger partial charge is 0.240 e. The highest BCUT2D eigenvalue weighted by atomic mass is 16.3. The fourth-order valence-electron chi connectivity index (χ4n) is 1.53. The molecule has 5 nitrogen and oxygen atoms in total. The number of nitrogens with two attached hydrogens (primary N) is 1. The van der Waals surface area contributed by atoms with Crippen molar-refractivity contribution < 1.29 is 14.7 Å². The molecule has 0 unspecified atom stereocenters. The van der Waals surface area contributed by atoms with Crippen LogP contribution in [0.1, 0.15) is 12.5 Å². The van der Waals surface area contributed by atoms with E-state index in [-0.39, 0.29) is 11.7 Å². The van der Waals surface area contributed by atoms with Gasteiger partial charge in [0.15, 0.2) is 0 Å². The van der Waals surface area contributed by atoms with Gasteiger partial charge in [0.05, 0.1) is 12.1 Å². The Kier molecular flexibility index (Phi) is 4.85. The summed E-state index contributed by atoms with van der Waals surface area (Å²) < 4.78 is 0. The summed E-state index contributed by atoms with van der Waals surface area (Å²) in [6, 6.07) is 5.34. The number of rotatable bonds is 5. The molecule has 0 saturated heterocycles. The summed E-state index contributed by atoms with van der Waals surface area (Å²) in [4.78, 5) is 23.8. The number of hydrogen-bond donors (Lipinski definition) is 2. The average Bonchev–Trinajstić information content (AvgIpc) is 2.38. The number of benzene rings is 1. The lowest BCUT2D eigenvalue weighted by atomic mass is 10.1. The van der Waals surface area contributed by atoms with Crippen LogP contribution in [-0.2, 0) is 16.0 Å². The maximum absolute atomic E-state index is 11.9. The van der Waals surface area contributed by atoms with Crippen molar-refractivity contribution in [3.8, 4) is 5.75 Å². The van der Waals surface area contributed by atoms with Crippen molar-refractivity contribution in [2.75, 3.05) is 7.05 Å². The maximum Gasteiger partial charge on any atom is 0.240 e. The van der Waals surface area contributed by atoms with E-state index in [0.29, 0.717) is 12.7 Å². The molecule has 0 spiro atoms. The third kappa shape index (κ3) is 3.56. The van der Waals surface area contributed by atoms with E-state index in [0.717, 1.165) is 5.56 Å². The second kappa shape index (κ2) is 6.16. The first-order chi connectivity index (χ1) is 8.45. The molecule has 18 heavy (non-hydrogen) atoms. The van der Waals surface area contributed by atoms with Crippen LogP contribution >= 0.6 is 0 Å². The van der Waals surface area contributed by atoms with Crippen molar-refractivity contribution in [2.45, 2.75) is 25.4 Å². The summed E-state index contributed by atoms with van der Waals surface area (Å²) in [5, 5.41) is 9.15. The van der Waals surface area contributed by atoms with Crippen LogP contribution in [0.5, 0.6) is 5.75 Å². The average molecular weight is 250 g/mol. The van der Waals surface area contributed by atoms with Crippen LogP contribution in [-0.4, -0.2) is 41.3 Å². The lowest BCUT2D eigenvalue weighted by Crippen LogP contribution is -2.47. The monoisotopic (exact) mass is 250 g/mol. The number of aldehydes is 1. The molecule has 2 atom stereocenters. The lowest BCUT2D eigenvalue weighted by Gasteiger charge is -2.24. The summed E-state index contributed by atoms with van der Waals surface area (Å²) in [7, 11) is 1.55. The molecule has 98 valence electrons. The van der Waals surface area contributed by atoms with Crippen molar-refractivity contribution in [3.05, 3.63) is 29.8 Å². The largest absolute Gasteiger partial charge is 0.508 e. The number of amides is 1. The molecule has 5 heteroatoms. The highest BCUT2D eigenvalue weighted by molar-refractivity contribution is 5.84. The van der Waals surface area contributed by atoms with Crippen LogP contribution in [0.2, 0.25) is 0 Å². The number of phenolic OH excluding ortho intramolecular Hbond substituents is 1. The van der Waals surface area contributed by atoms with Crippen LogP contribution < -0.4 is 5.73 Å². The predicted octanol–water partition coefficient (Wildman–Crippen LogP) is 0.308. The normalized spacial score (nSPS) is 13.7. The molecular weight excluding hydrogens is 232 g/mol. The molecule has 0 aliphatic rings. The molecule has 0 aromatic heterocycles. The van der Waals surface area contributed by atoms with Gasteiger partial charge in [0.25, 0.3) is 0 Å². The second-order valence-electron chi connectivity index (χ2n) is 4.30. The summed E-state index contributed by atoms with van der Waals surface area (Å²) in [6.07, 6.45) is 1.07. The Morgan fingerprint density at radius 3 is 2.50 bits per heavy atom. The minimum absolute atomic E-state index is 0.172. The van der Waals surface area contributed by atoms with Crippen LogP contribution in [0.15, 0.2) is 24.3 Å². The fourth-order valence-corrected chi connectivity index (χ4v) is 1.53. The minimum atomic E-state index is -0.693. The maximum atomic E-state index is 11.9. The Morgan fingerprint density at radius 2 is 2.00 bits per heavy atom. The molecule has 3 N–H and O–H groups in total. The summed E-state index contributed by atoms with van der Waals surface area (Å²) in [6.45, 7) is 1.64. The van der Waals surface area contributed by atoms with E-state index in [1.54, 1.807) is 38.2 Å². The Bertz CT molecular complexity index is 417. The van der Waals surface area contributed by atoms with E-state index in [2.05, 4.69) is 0 Å². The zero-order valence-electron chi connectivity index (χ0n) is 10.5. The van der Waals surface area contributed by atoms with Crippen LogP contribution in [0.3, 0.4) is 0 Å². The van der Waals surface area contributed by atoms with Gasteiger partial charge in [-0.15, -0.1) is 0 Å². The summed E-state index contributed by atoms with van der Waals surface area (Å²) in [5.74, 6) is -0.104. The number of phenols is 1. The SMILES string of the molecule is C[C@@H](C=O)N(C)C(=O)[C@@H](N)Cc1ccc(O)cc1. The molecule has 1 aromatic rings. The van der Waals surface area contributed by atoms with E-state index in [1.807, 2.05) is 0 Å². The van der Waals surface area contributed by atoms with Gasteiger partial charge in [-0.25, -0.2) is 0 Å². The van der Waals surface area contributed by atoms with Gasteiger partial charge in [-0.1, -0.05) is 12.1 Å². The van der Waals surface area contributed by atoms with Crippen LogP contribution in [0, 0.1) is 0 Å². The number of likely N-dealkylation sites (N-methyl/N-ethyl adjacent to an activating group) is 1. The van der Waals surface area contributed by atoms with Crippen molar-refractivity contribution in [2.24, 2.45) is 5.73 Å². The van der Waals surface area contributed by atoms with Crippen molar-refractivity contribution in [1.82, 2.24) is 4.90 Å². The molecule has 0 heterocycles. The van der Waals surface area contributed by atoms with Gasteiger partial charge in [-0.05, 0) is 31.0 Å². The lowest BCUT2D eigenvalue weighted by molar-refractivity contribution is -0.135. The Morgan fingerprint density at radius 1 is 1.44 bits per heavy atom. The van der Waals surface area contributed by atoms with Gasteiger partial charge in [0.2, 0.25) is 5.91 Å². The first-order valence-corrected chi connectivity index (χ1v) is 5.71. The van der Waals surface area contributed by atoms with E-state index < -0.39 is 12.1 Å². The zero-order valence-corrected chi connectivity index (χ0v) is 10.5. The quantitative estimate of drug-likeness (QED) is 0.737. The number of aromatic hydroxyl groups is 1. The molecule has 0 saturated carbocycles. The first kappa shape index (κ1) is 14.2. The molecule has 0 fully saturated rings. The Hall–Kier alpha value is -1.88. The molecule has 0 aliphatic heterocycles. The molecule has 0 radical (unpaired) electrons. The standard InChI is InChI=1S/C13H18N2O3/c1-9(8-16)15(2)13(18)12(14)7-10-3-5-11(17)6-4-10/h3-6,8-9,12,17H,7,14H2,1-2H3/t9-,12-/m0/s1. The number of hydrogen-bond acceptors (Lipinski definition) is 4. The number of carbonyl (C=O) groups is 2. The van der Waals surface area contributed by atoms with Gasteiger partial charge in [-0.2, -0.15) is 0 Å². The molecule has 1 rings (SSSR count). The predicted molar refractivity (Wildman–Crippen MR) is 68.1 cm³/mol. The topological polar surface area (TPSA) is 83.6 Å². The Labute approximate surface area is 106 Å². The minimum Gasteiger partial charge on any atom is -0.508 e. The molecule has 0 aliphatic carbocycles. The van der Waals surface area contributed by atoms with Gasteiger partial charge in [0, 0.05) is 7.05 Å². The molecule has 1 aromatic carbocycles. The van der Waals surface area contributed by atoms with Crippen molar-refractivity contribution in [1.29, 1.82) is 0 Å². The fraction of sp³-hybridized carbons (Fsp3) is 0.385. The van der Waals surface area contributed by atoms with E-state index in [1.165, 1.54) is 4.90 Å². The summed E-state index contributed by atoms with van der Waals surface area (Å²) >= 11 is 0.